The van der Waals surface area contributed by atoms with Crippen LogP contribution in [-0.2, 0) is 5.41 Å². The van der Waals surface area contributed by atoms with Gasteiger partial charge in [-0.25, -0.2) is 4.39 Å². The Kier molecular flexibility index (Phi) is 2.15. The number of hydrogen-bond acceptors (Lipinski definition) is 3. The van der Waals surface area contributed by atoms with E-state index in [0.29, 0.717) is 13.0 Å². The van der Waals surface area contributed by atoms with Gasteiger partial charge in [0.05, 0.1) is 0 Å². The maximum atomic E-state index is 13.3. The van der Waals surface area contributed by atoms with Gasteiger partial charge < -0.3 is 15.0 Å². The SMILES string of the molecule is CN1CC2(CCN=C([O-])C2)c2ccc(F)cc21. The number of benzene rings is 1. The van der Waals surface area contributed by atoms with E-state index in [1.165, 1.54) is 6.07 Å². The van der Waals surface area contributed by atoms with Gasteiger partial charge in [0.1, 0.15) is 5.82 Å². The predicted octanol–water partition coefficient (Wildman–Crippen LogP) is 1.07. The Bertz CT molecular complexity index is 500. The molecule has 1 unspecified atom stereocenters. The van der Waals surface area contributed by atoms with Crippen molar-refractivity contribution in [3.8, 4) is 0 Å². The summed E-state index contributed by atoms with van der Waals surface area (Å²) in [6.45, 7) is 1.37. The van der Waals surface area contributed by atoms with Gasteiger partial charge in [-0.15, -0.1) is 0 Å². The Hall–Kier alpha value is -1.58. The Morgan fingerprint density at radius 2 is 2.29 bits per heavy atom. The smallest absolute Gasteiger partial charge is 0.125 e. The van der Waals surface area contributed by atoms with Crippen LogP contribution in [0.25, 0.3) is 0 Å². The average Bonchev–Trinajstić information content (AvgIpc) is 2.51. The molecule has 0 aliphatic carbocycles. The van der Waals surface area contributed by atoms with E-state index < -0.39 is 0 Å². The average molecular weight is 233 g/mol. The van der Waals surface area contributed by atoms with Crippen molar-refractivity contribution in [1.82, 2.24) is 0 Å². The second-order valence-corrected chi connectivity index (χ2v) is 5.00. The molecule has 0 bridgehead atoms. The molecule has 2 aliphatic heterocycles. The van der Waals surface area contributed by atoms with Crippen molar-refractivity contribution in [2.45, 2.75) is 18.3 Å². The van der Waals surface area contributed by atoms with Gasteiger partial charge in [0.2, 0.25) is 0 Å². The van der Waals surface area contributed by atoms with Crippen LogP contribution < -0.4 is 10.0 Å². The molecule has 3 nitrogen and oxygen atoms in total. The van der Waals surface area contributed by atoms with Crippen LogP contribution in [0.1, 0.15) is 18.4 Å². The van der Waals surface area contributed by atoms with Crippen LogP contribution in [0.3, 0.4) is 0 Å². The molecule has 0 amide bonds. The molecule has 1 aromatic rings. The van der Waals surface area contributed by atoms with Gasteiger partial charge in [0, 0.05) is 31.2 Å². The highest BCUT2D eigenvalue weighted by Gasteiger charge is 2.42. The van der Waals surface area contributed by atoms with Crippen LogP contribution in [0, 0.1) is 5.82 Å². The van der Waals surface area contributed by atoms with Crippen LogP contribution >= 0.6 is 0 Å². The van der Waals surface area contributed by atoms with Crippen molar-refractivity contribution in [2.24, 2.45) is 4.99 Å². The summed E-state index contributed by atoms with van der Waals surface area (Å²) in [7, 11) is 1.95. The maximum Gasteiger partial charge on any atom is 0.125 e. The molecule has 1 atom stereocenters. The number of fused-ring (bicyclic) bond motifs is 2. The van der Waals surface area contributed by atoms with Crippen LogP contribution in [0.4, 0.5) is 10.1 Å². The molecule has 3 rings (SSSR count). The minimum absolute atomic E-state index is 0.0261. The van der Waals surface area contributed by atoms with E-state index >= 15 is 0 Å². The van der Waals surface area contributed by atoms with Crippen LogP contribution in [0.5, 0.6) is 0 Å². The first-order valence-corrected chi connectivity index (χ1v) is 5.82. The van der Waals surface area contributed by atoms with Crippen LogP contribution in [0.2, 0.25) is 0 Å². The number of likely N-dealkylation sites (N-methyl/N-ethyl adjacent to an activating group) is 1. The third-order valence-corrected chi connectivity index (χ3v) is 3.85. The number of nitrogens with zero attached hydrogens (tertiary/aromatic N) is 2. The maximum absolute atomic E-state index is 13.3. The van der Waals surface area contributed by atoms with Gasteiger partial charge in [-0.2, -0.15) is 0 Å². The fourth-order valence-corrected chi connectivity index (χ4v) is 3.09. The summed E-state index contributed by atoms with van der Waals surface area (Å²) in [5.41, 5.74) is 1.88. The number of aliphatic imine (C=N–C) groups is 1. The molecule has 0 saturated heterocycles. The monoisotopic (exact) mass is 233 g/mol. The van der Waals surface area contributed by atoms with Gasteiger partial charge in [0.15, 0.2) is 0 Å². The van der Waals surface area contributed by atoms with Crippen molar-refractivity contribution in [3.63, 3.8) is 0 Å². The van der Waals surface area contributed by atoms with Crippen LogP contribution in [0.15, 0.2) is 23.2 Å². The zero-order chi connectivity index (χ0) is 12.0. The van der Waals surface area contributed by atoms with E-state index in [9.17, 15) is 9.50 Å². The highest BCUT2D eigenvalue weighted by Crippen LogP contribution is 2.45. The first-order valence-electron chi connectivity index (χ1n) is 5.82. The zero-order valence-corrected chi connectivity index (χ0v) is 9.74. The standard InChI is InChI=1S/C13H15FN2O/c1-16-8-13(4-5-15-12(17)7-13)10-3-2-9(14)6-11(10)16/h2-3,6H,4-5,7-8H2,1H3,(H,15,17)/p-1. The van der Waals surface area contributed by atoms with Crippen molar-refractivity contribution in [3.05, 3.63) is 29.6 Å². The first kappa shape index (κ1) is 10.6. The Balaban J connectivity index is 2.09. The number of hydrogen-bond donors (Lipinski definition) is 0. The molecule has 0 saturated carbocycles. The summed E-state index contributed by atoms with van der Waals surface area (Å²) in [4.78, 5) is 5.97. The lowest BCUT2D eigenvalue weighted by Gasteiger charge is -2.35. The molecular formula is C13H14FN2O-. The van der Waals surface area contributed by atoms with E-state index in [0.717, 1.165) is 24.2 Å². The Labute approximate surface area is 99.6 Å². The van der Waals surface area contributed by atoms with Crippen molar-refractivity contribution in [1.29, 1.82) is 0 Å². The highest BCUT2D eigenvalue weighted by molar-refractivity contribution is 5.77. The summed E-state index contributed by atoms with van der Waals surface area (Å²) in [5, 5.41) is 11.5. The molecule has 0 radical (unpaired) electrons. The fourth-order valence-electron chi connectivity index (χ4n) is 3.09. The van der Waals surface area contributed by atoms with Gasteiger partial charge in [-0.3, -0.25) is 0 Å². The summed E-state index contributed by atoms with van der Waals surface area (Å²) in [6.07, 6.45) is 1.33. The van der Waals surface area contributed by atoms with Crippen molar-refractivity contribution < 1.29 is 9.50 Å². The molecular weight excluding hydrogens is 219 g/mol. The minimum atomic E-state index is -0.223. The second-order valence-electron chi connectivity index (χ2n) is 5.00. The normalized spacial score (nSPS) is 27.2. The van der Waals surface area contributed by atoms with Gasteiger partial charge in [0.25, 0.3) is 0 Å². The lowest BCUT2D eigenvalue weighted by molar-refractivity contribution is -0.221. The van der Waals surface area contributed by atoms with E-state index in [4.69, 9.17) is 0 Å². The molecule has 2 heterocycles. The Morgan fingerprint density at radius 3 is 3.06 bits per heavy atom. The quantitative estimate of drug-likeness (QED) is 0.672. The largest absolute Gasteiger partial charge is 0.862 e. The third kappa shape index (κ3) is 1.51. The summed E-state index contributed by atoms with van der Waals surface area (Å²) in [6, 6.07) is 4.86. The molecule has 1 aromatic carbocycles. The van der Waals surface area contributed by atoms with Crippen molar-refractivity contribution >= 4 is 11.6 Å². The number of halogens is 1. The number of rotatable bonds is 0. The predicted molar refractivity (Wildman–Crippen MR) is 62.9 cm³/mol. The van der Waals surface area contributed by atoms with Gasteiger partial charge in [-0.05, 0) is 36.4 Å². The lowest BCUT2D eigenvalue weighted by Crippen LogP contribution is -2.41. The molecule has 1 spiro atoms. The first-order chi connectivity index (χ1) is 8.11. The third-order valence-electron chi connectivity index (χ3n) is 3.85. The zero-order valence-electron chi connectivity index (χ0n) is 9.74. The molecule has 90 valence electrons. The van der Waals surface area contributed by atoms with Gasteiger partial charge >= 0.3 is 0 Å². The van der Waals surface area contributed by atoms with Crippen LogP contribution in [-0.4, -0.2) is 26.0 Å². The summed E-state index contributed by atoms with van der Waals surface area (Å²) >= 11 is 0. The molecule has 0 N–H and O–H groups in total. The number of anilines is 1. The van der Waals surface area contributed by atoms with E-state index in [1.54, 1.807) is 6.07 Å². The van der Waals surface area contributed by atoms with Gasteiger partial charge in [-0.1, -0.05) is 6.07 Å². The lowest BCUT2D eigenvalue weighted by atomic mass is 9.75. The molecule has 0 fully saturated rings. The molecule has 4 heteroatoms. The highest BCUT2D eigenvalue weighted by atomic mass is 19.1. The van der Waals surface area contributed by atoms with Crippen molar-refractivity contribution in [2.75, 3.05) is 25.0 Å². The minimum Gasteiger partial charge on any atom is -0.862 e. The summed E-state index contributed by atoms with van der Waals surface area (Å²) < 4.78 is 13.3. The molecule has 17 heavy (non-hydrogen) atoms. The molecule has 2 aliphatic rings. The Morgan fingerprint density at radius 1 is 1.47 bits per heavy atom. The van der Waals surface area contributed by atoms with E-state index in [2.05, 4.69) is 4.99 Å². The summed E-state index contributed by atoms with van der Waals surface area (Å²) in [5.74, 6) is -0.249. The van der Waals surface area contributed by atoms with E-state index in [1.807, 2.05) is 18.0 Å². The topological polar surface area (TPSA) is 38.7 Å². The second kappa shape index (κ2) is 3.45. The fraction of sp³-hybridized carbons (Fsp3) is 0.462. The van der Waals surface area contributed by atoms with E-state index in [-0.39, 0.29) is 17.1 Å². The molecule has 0 aromatic heterocycles.